The summed E-state index contributed by atoms with van der Waals surface area (Å²) >= 11 is 6.68. The average molecular weight is 468 g/mol. The number of hydrogen-bond acceptors (Lipinski definition) is 6. The highest BCUT2D eigenvalue weighted by Crippen LogP contribution is 2.41. The summed E-state index contributed by atoms with van der Waals surface area (Å²) in [7, 11) is 0. The number of nitrogens with zero attached hydrogens (tertiary/aromatic N) is 5. The van der Waals surface area contributed by atoms with E-state index < -0.39 is 5.82 Å². The number of hydrogen-bond donors (Lipinski definition) is 2. The second-order valence-electron chi connectivity index (χ2n) is 8.14. The number of piperazine rings is 1. The number of benzene rings is 2. The lowest BCUT2D eigenvalue weighted by Gasteiger charge is -2.35. The summed E-state index contributed by atoms with van der Waals surface area (Å²) < 4.78 is 15.9. The van der Waals surface area contributed by atoms with Gasteiger partial charge in [0, 0.05) is 61.0 Å². The van der Waals surface area contributed by atoms with Crippen LogP contribution in [0.5, 0.6) is 0 Å². The third-order valence-electron chi connectivity index (χ3n) is 6.17. The molecule has 5 rings (SSSR count). The maximum absolute atomic E-state index is 15.9. The standard InChI is InChI=1S/C23H23ClFN7O/c1-13-2-3-17-15(11-29-30-17)19(13)20-16(24)10-14-22(21(20)25)27-12-28-23(14)32-8-6-31(7-9-32)18(33)4-5-26/h2-3,10-12H,4-9,26H2,1H3,(H,29,30). The maximum Gasteiger partial charge on any atom is 0.223 e. The molecule has 2 aromatic heterocycles. The summed E-state index contributed by atoms with van der Waals surface area (Å²) in [5.74, 6) is 0.165. The van der Waals surface area contributed by atoms with Crippen LogP contribution >= 0.6 is 11.6 Å². The van der Waals surface area contributed by atoms with Crippen LogP contribution in [0.25, 0.3) is 32.9 Å². The van der Waals surface area contributed by atoms with Crippen LogP contribution in [0.15, 0.2) is 30.7 Å². The van der Waals surface area contributed by atoms with Gasteiger partial charge in [0.05, 0.1) is 16.7 Å². The van der Waals surface area contributed by atoms with Crippen molar-refractivity contribution in [1.82, 2.24) is 25.1 Å². The number of carbonyl (C=O) groups is 1. The minimum absolute atomic E-state index is 0.0484. The fourth-order valence-electron chi connectivity index (χ4n) is 4.50. The smallest absolute Gasteiger partial charge is 0.223 e. The molecule has 1 aliphatic heterocycles. The second-order valence-corrected chi connectivity index (χ2v) is 8.54. The van der Waals surface area contributed by atoms with E-state index in [0.29, 0.717) is 61.5 Å². The van der Waals surface area contributed by atoms with Crippen molar-refractivity contribution in [2.45, 2.75) is 13.3 Å². The molecule has 0 aliphatic carbocycles. The van der Waals surface area contributed by atoms with Crippen LogP contribution in [0.4, 0.5) is 10.2 Å². The minimum atomic E-state index is -0.491. The first-order valence-corrected chi connectivity index (χ1v) is 11.2. The summed E-state index contributed by atoms with van der Waals surface area (Å²) in [6.07, 6.45) is 3.38. The fourth-order valence-corrected chi connectivity index (χ4v) is 4.79. The van der Waals surface area contributed by atoms with Gasteiger partial charge in [0.25, 0.3) is 0 Å². The van der Waals surface area contributed by atoms with Crippen LogP contribution in [0.1, 0.15) is 12.0 Å². The van der Waals surface area contributed by atoms with Crippen LogP contribution < -0.4 is 10.6 Å². The summed E-state index contributed by atoms with van der Waals surface area (Å²) in [5, 5.41) is 8.64. The molecule has 3 heterocycles. The van der Waals surface area contributed by atoms with Crippen molar-refractivity contribution in [3.8, 4) is 11.1 Å². The van der Waals surface area contributed by atoms with Crippen molar-refractivity contribution in [2.24, 2.45) is 5.73 Å². The quantitative estimate of drug-likeness (QED) is 0.477. The van der Waals surface area contributed by atoms with Gasteiger partial charge in [-0.05, 0) is 24.6 Å². The first kappa shape index (κ1) is 21.5. The van der Waals surface area contributed by atoms with Crippen LogP contribution in [-0.2, 0) is 4.79 Å². The Morgan fingerprint density at radius 1 is 1.18 bits per heavy atom. The Morgan fingerprint density at radius 3 is 2.73 bits per heavy atom. The Morgan fingerprint density at radius 2 is 1.97 bits per heavy atom. The molecule has 4 aromatic rings. The molecule has 0 bridgehead atoms. The number of anilines is 1. The number of nitrogens with two attached hydrogens (primary N) is 1. The molecule has 0 spiro atoms. The van der Waals surface area contributed by atoms with E-state index in [1.54, 1.807) is 17.2 Å². The van der Waals surface area contributed by atoms with Gasteiger partial charge in [-0.3, -0.25) is 9.89 Å². The van der Waals surface area contributed by atoms with Gasteiger partial charge in [-0.2, -0.15) is 5.10 Å². The molecule has 0 saturated carbocycles. The maximum atomic E-state index is 15.9. The Kier molecular flexibility index (Phi) is 5.59. The van der Waals surface area contributed by atoms with Crippen LogP contribution in [-0.4, -0.2) is 63.7 Å². The van der Waals surface area contributed by atoms with Crippen molar-refractivity contribution < 1.29 is 9.18 Å². The van der Waals surface area contributed by atoms with Crippen molar-refractivity contribution in [3.63, 3.8) is 0 Å². The largest absolute Gasteiger partial charge is 0.352 e. The summed E-state index contributed by atoms with van der Waals surface area (Å²) in [6, 6.07) is 5.55. The van der Waals surface area contributed by atoms with E-state index in [2.05, 4.69) is 20.2 Å². The number of nitrogens with one attached hydrogen (secondary N) is 1. The molecule has 1 amide bonds. The number of rotatable bonds is 4. The number of amides is 1. The van der Waals surface area contributed by atoms with E-state index in [9.17, 15) is 4.79 Å². The summed E-state index contributed by atoms with van der Waals surface area (Å²) in [5.41, 5.74) is 8.40. The van der Waals surface area contributed by atoms with E-state index in [-0.39, 0.29) is 16.4 Å². The molecular weight excluding hydrogens is 445 g/mol. The summed E-state index contributed by atoms with van der Waals surface area (Å²) in [4.78, 5) is 24.7. The SMILES string of the molecule is Cc1ccc2[nH]ncc2c1-c1c(Cl)cc2c(N3CCN(C(=O)CCN)CC3)ncnc2c1F. The van der Waals surface area contributed by atoms with Gasteiger partial charge >= 0.3 is 0 Å². The van der Waals surface area contributed by atoms with E-state index >= 15 is 4.39 Å². The lowest BCUT2D eigenvalue weighted by Crippen LogP contribution is -2.49. The number of carbonyl (C=O) groups excluding carboxylic acids is 1. The Labute approximate surface area is 194 Å². The zero-order chi connectivity index (χ0) is 23.1. The fraction of sp³-hybridized carbons (Fsp3) is 0.304. The Bertz CT molecular complexity index is 1360. The van der Waals surface area contributed by atoms with Gasteiger partial charge in [0.15, 0.2) is 5.82 Å². The molecule has 1 aliphatic rings. The molecule has 10 heteroatoms. The number of aromatic nitrogens is 4. The zero-order valence-electron chi connectivity index (χ0n) is 18.1. The van der Waals surface area contributed by atoms with E-state index in [0.717, 1.165) is 16.5 Å². The normalized spacial score (nSPS) is 14.4. The molecule has 8 nitrogen and oxygen atoms in total. The lowest BCUT2D eigenvalue weighted by atomic mass is 9.95. The molecule has 1 fully saturated rings. The number of halogens is 2. The lowest BCUT2D eigenvalue weighted by molar-refractivity contribution is -0.131. The molecule has 0 radical (unpaired) electrons. The van der Waals surface area contributed by atoms with Gasteiger partial charge in [0.2, 0.25) is 5.91 Å². The number of fused-ring (bicyclic) bond motifs is 2. The predicted octanol–water partition coefficient (Wildman–Crippen LogP) is 3.27. The molecule has 170 valence electrons. The Hall–Kier alpha value is -3.30. The number of aromatic amines is 1. The molecule has 0 atom stereocenters. The highest BCUT2D eigenvalue weighted by molar-refractivity contribution is 6.35. The van der Waals surface area contributed by atoms with Gasteiger partial charge in [-0.15, -0.1) is 0 Å². The second kappa shape index (κ2) is 8.57. The molecule has 1 saturated heterocycles. The highest BCUT2D eigenvalue weighted by atomic mass is 35.5. The van der Waals surface area contributed by atoms with E-state index in [1.165, 1.54) is 6.33 Å². The Balaban J connectivity index is 1.57. The molecule has 3 N–H and O–H groups in total. The van der Waals surface area contributed by atoms with Crippen LogP contribution in [0.3, 0.4) is 0 Å². The third kappa shape index (κ3) is 3.67. The van der Waals surface area contributed by atoms with Gasteiger partial charge < -0.3 is 15.5 Å². The van der Waals surface area contributed by atoms with E-state index in [1.807, 2.05) is 24.0 Å². The highest BCUT2D eigenvalue weighted by Gasteiger charge is 2.26. The van der Waals surface area contributed by atoms with Crippen LogP contribution in [0.2, 0.25) is 5.02 Å². The van der Waals surface area contributed by atoms with Crippen molar-refractivity contribution in [2.75, 3.05) is 37.6 Å². The zero-order valence-corrected chi connectivity index (χ0v) is 18.9. The summed E-state index contributed by atoms with van der Waals surface area (Å²) in [6.45, 7) is 4.52. The van der Waals surface area contributed by atoms with Crippen molar-refractivity contribution >= 4 is 45.1 Å². The minimum Gasteiger partial charge on any atom is -0.352 e. The average Bonchev–Trinajstić information content (AvgIpc) is 3.29. The monoisotopic (exact) mass is 467 g/mol. The third-order valence-corrected chi connectivity index (χ3v) is 6.47. The van der Waals surface area contributed by atoms with Crippen molar-refractivity contribution in [3.05, 3.63) is 47.1 Å². The molecule has 33 heavy (non-hydrogen) atoms. The first-order valence-electron chi connectivity index (χ1n) is 10.8. The predicted molar refractivity (Wildman–Crippen MR) is 127 cm³/mol. The van der Waals surface area contributed by atoms with Gasteiger partial charge in [-0.25, -0.2) is 14.4 Å². The molecule has 2 aromatic carbocycles. The number of aryl methyl sites for hydroxylation is 1. The molecule has 0 unspecified atom stereocenters. The van der Waals surface area contributed by atoms with Gasteiger partial charge in [-0.1, -0.05) is 17.7 Å². The molecular formula is C23H23ClFN7O. The first-order chi connectivity index (χ1) is 16.0. The number of H-pyrrole nitrogens is 1. The van der Waals surface area contributed by atoms with Crippen molar-refractivity contribution in [1.29, 1.82) is 0 Å². The van der Waals surface area contributed by atoms with Crippen LogP contribution in [0, 0.1) is 12.7 Å². The topological polar surface area (TPSA) is 104 Å². The van der Waals surface area contributed by atoms with Gasteiger partial charge in [0.1, 0.15) is 17.7 Å². The van der Waals surface area contributed by atoms with E-state index in [4.69, 9.17) is 17.3 Å².